The van der Waals surface area contributed by atoms with Gasteiger partial charge < -0.3 is 19.7 Å². The number of carbonyl (C=O) groups excluding carboxylic acids is 2. The number of piperidine rings is 1. The third kappa shape index (κ3) is 4.11. The average Bonchev–Trinajstić information content (AvgIpc) is 2.79. The minimum absolute atomic E-state index is 0.0130. The Morgan fingerprint density at radius 3 is 2.59 bits per heavy atom. The second-order valence-corrected chi connectivity index (χ2v) is 9.17. The molecule has 0 aromatic heterocycles. The number of hydrogen-bond acceptors (Lipinski definition) is 5. The summed E-state index contributed by atoms with van der Waals surface area (Å²) in [6.45, 7) is 3.05. The second kappa shape index (κ2) is 8.94. The summed E-state index contributed by atoms with van der Waals surface area (Å²) in [5.41, 5.74) is 0.701. The molecular weight excluding hydrogens is 404 g/mol. The zero-order chi connectivity index (χ0) is 22.8. The molecule has 0 spiro atoms. The third-order valence-electron chi connectivity index (χ3n) is 7.14. The summed E-state index contributed by atoms with van der Waals surface area (Å²) in [4.78, 5) is 27.4. The van der Waals surface area contributed by atoms with Crippen molar-refractivity contribution in [2.24, 2.45) is 0 Å². The second-order valence-electron chi connectivity index (χ2n) is 9.17. The Balaban J connectivity index is 1.72. The van der Waals surface area contributed by atoms with Crippen molar-refractivity contribution in [1.29, 1.82) is 0 Å². The van der Waals surface area contributed by atoms with E-state index in [1.807, 2.05) is 42.5 Å². The van der Waals surface area contributed by atoms with E-state index in [1.165, 1.54) is 6.92 Å². The van der Waals surface area contributed by atoms with Crippen LogP contribution in [0.15, 0.2) is 54.6 Å². The van der Waals surface area contributed by atoms with Crippen LogP contribution in [-0.2, 0) is 14.9 Å². The highest BCUT2D eigenvalue weighted by atomic mass is 16.6. The molecule has 2 aromatic carbocycles. The summed E-state index contributed by atoms with van der Waals surface area (Å²) >= 11 is 0. The smallest absolute Gasteiger partial charge is 0.303 e. The van der Waals surface area contributed by atoms with Gasteiger partial charge in [-0.25, -0.2) is 0 Å². The van der Waals surface area contributed by atoms with Crippen LogP contribution in [0.4, 0.5) is 0 Å². The van der Waals surface area contributed by atoms with Crippen molar-refractivity contribution in [3.05, 3.63) is 65.7 Å². The number of methoxy groups -OCH3 is 1. The van der Waals surface area contributed by atoms with Crippen LogP contribution in [0.1, 0.15) is 48.5 Å². The largest absolute Gasteiger partial charge is 0.497 e. The molecule has 2 aliphatic rings. The van der Waals surface area contributed by atoms with Gasteiger partial charge in [0.1, 0.15) is 11.4 Å². The van der Waals surface area contributed by atoms with Crippen molar-refractivity contribution >= 4 is 11.9 Å². The van der Waals surface area contributed by atoms with Gasteiger partial charge in [0.05, 0.1) is 7.11 Å². The maximum Gasteiger partial charge on any atom is 0.303 e. The van der Waals surface area contributed by atoms with E-state index in [9.17, 15) is 9.59 Å². The predicted octanol–water partition coefficient (Wildman–Crippen LogP) is 3.55. The van der Waals surface area contributed by atoms with Gasteiger partial charge in [0.15, 0.2) is 0 Å². The van der Waals surface area contributed by atoms with Crippen molar-refractivity contribution in [2.75, 3.05) is 27.2 Å². The van der Waals surface area contributed by atoms with Crippen LogP contribution >= 0.6 is 0 Å². The summed E-state index contributed by atoms with van der Waals surface area (Å²) in [5.74, 6) is 0.451. The lowest BCUT2D eigenvalue weighted by molar-refractivity contribution is -0.185. The maximum absolute atomic E-state index is 12.9. The predicted molar refractivity (Wildman–Crippen MR) is 123 cm³/mol. The van der Waals surface area contributed by atoms with Gasteiger partial charge in [-0.15, -0.1) is 0 Å². The van der Waals surface area contributed by atoms with Crippen LogP contribution in [0.5, 0.6) is 5.75 Å². The molecular formula is C26H32N2O4. The van der Waals surface area contributed by atoms with E-state index in [0.29, 0.717) is 24.9 Å². The number of likely N-dealkylation sites (tertiary alicyclic amines) is 1. The van der Waals surface area contributed by atoms with Crippen molar-refractivity contribution in [3.8, 4) is 5.75 Å². The molecule has 0 bridgehead atoms. The van der Waals surface area contributed by atoms with Crippen LogP contribution < -0.4 is 10.1 Å². The molecule has 6 nitrogen and oxygen atoms in total. The van der Waals surface area contributed by atoms with Gasteiger partial charge in [-0.05, 0) is 69.1 Å². The Morgan fingerprint density at radius 2 is 1.88 bits per heavy atom. The number of carbonyl (C=O) groups is 2. The molecule has 4 rings (SSSR count). The van der Waals surface area contributed by atoms with E-state index < -0.39 is 11.0 Å². The van der Waals surface area contributed by atoms with E-state index in [2.05, 4.69) is 29.4 Å². The average molecular weight is 437 g/mol. The zero-order valence-electron chi connectivity index (χ0n) is 19.1. The fourth-order valence-electron chi connectivity index (χ4n) is 5.70. The number of nitrogens with one attached hydrogen (secondary N) is 1. The number of nitrogens with zero attached hydrogens (tertiary/aromatic N) is 1. The lowest BCUT2D eigenvalue weighted by atomic mass is 9.55. The molecule has 3 atom stereocenters. The molecule has 1 aliphatic heterocycles. The molecule has 6 heteroatoms. The fraction of sp³-hybridized carbons (Fsp3) is 0.462. The van der Waals surface area contributed by atoms with Crippen molar-refractivity contribution in [2.45, 2.75) is 49.7 Å². The minimum atomic E-state index is -0.647. The summed E-state index contributed by atoms with van der Waals surface area (Å²) in [6.07, 6.45) is 2.99. The summed E-state index contributed by atoms with van der Waals surface area (Å²) in [5, 5.41) is 3.25. The Morgan fingerprint density at radius 1 is 1.09 bits per heavy atom. The SMILES string of the molecule is COc1cccc([C@@]23CCN(C)C[C@@]2(OC(C)=O)CC[C@@H](NC(=O)c2ccccc2)C3)c1. The first-order chi connectivity index (χ1) is 15.4. The third-order valence-corrected chi connectivity index (χ3v) is 7.14. The molecule has 1 N–H and O–H groups in total. The quantitative estimate of drug-likeness (QED) is 0.726. The number of rotatable bonds is 5. The summed E-state index contributed by atoms with van der Waals surface area (Å²) in [7, 11) is 3.73. The normalized spacial score (nSPS) is 27.8. The standard InChI is InChI=1S/C26H32N2O4/c1-19(29)32-26-13-12-22(27-24(30)20-8-5-4-6-9-20)17-25(26,14-15-28(2)18-26)21-10-7-11-23(16-21)31-3/h4-11,16,22H,12-15,17-18H2,1-3H3,(H,27,30)/t22-,25+,26+/m1/s1. The Bertz CT molecular complexity index is 979. The Kier molecular flexibility index (Phi) is 6.24. The van der Waals surface area contributed by atoms with Crippen LogP contribution in [0, 0.1) is 0 Å². The molecule has 32 heavy (non-hydrogen) atoms. The first kappa shape index (κ1) is 22.3. The van der Waals surface area contributed by atoms with Crippen molar-refractivity contribution < 1.29 is 19.1 Å². The number of esters is 1. The van der Waals surface area contributed by atoms with Crippen LogP contribution in [0.25, 0.3) is 0 Å². The van der Waals surface area contributed by atoms with Gasteiger partial charge in [-0.2, -0.15) is 0 Å². The van der Waals surface area contributed by atoms with Gasteiger partial charge in [0.2, 0.25) is 0 Å². The zero-order valence-corrected chi connectivity index (χ0v) is 19.1. The fourth-order valence-corrected chi connectivity index (χ4v) is 5.70. The van der Waals surface area contributed by atoms with E-state index in [1.54, 1.807) is 7.11 Å². The molecule has 1 heterocycles. The minimum Gasteiger partial charge on any atom is -0.497 e. The molecule has 0 radical (unpaired) electrons. The lowest BCUT2D eigenvalue weighted by Crippen LogP contribution is -2.68. The maximum atomic E-state index is 12.9. The molecule has 1 saturated carbocycles. The molecule has 2 fully saturated rings. The molecule has 2 aromatic rings. The Hall–Kier alpha value is -2.86. The lowest BCUT2D eigenvalue weighted by Gasteiger charge is -2.59. The van der Waals surface area contributed by atoms with E-state index in [-0.39, 0.29) is 17.9 Å². The van der Waals surface area contributed by atoms with E-state index in [0.717, 1.165) is 30.7 Å². The number of ether oxygens (including phenoxy) is 2. The highest BCUT2D eigenvalue weighted by Crippen LogP contribution is 2.54. The summed E-state index contributed by atoms with van der Waals surface area (Å²) in [6, 6.07) is 17.4. The van der Waals surface area contributed by atoms with Gasteiger partial charge >= 0.3 is 5.97 Å². The molecule has 0 unspecified atom stereocenters. The first-order valence-corrected chi connectivity index (χ1v) is 11.3. The Labute approximate surface area is 189 Å². The van der Waals surface area contributed by atoms with Gasteiger partial charge in [0, 0.05) is 30.5 Å². The molecule has 1 saturated heterocycles. The van der Waals surface area contributed by atoms with Gasteiger partial charge in [0.25, 0.3) is 5.91 Å². The number of amides is 1. The van der Waals surface area contributed by atoms with Crippen LogP contribution in [0.3, 0.4) is 0 Å². The highest BCUT2D eigenvalue weighted by molar-refractivity contribution is 5.94. The van der Waals surface area contributed by atoms with Crippen molar-refractivity contribution in [3.63, 3.8) is 0 Å². The molecule has 1 amide bonds. The van der Waals surface area contributed by atoms with Crippen LogP contribution in [0.2, 0.25) is 0 Å². The number of benzene rings is 2. The topological polar surface area (TPSA) is 67.9 Å². The first-order valence-electron chi connectivity index (χ1n) is 11.3. The monoisotopic (exact) mass is 436 g/mol. The molecule has 1 aliphatic carbocycles. The van der Waals surface area contributed by atoms with Gasteiger partial charge in [-0.1, -0.05) is 30.3 Å². The molecule has 170 valence electrons. The number of hydrogen-bond donors (Lipinski definition) is 1. The van der Waals surface area contributed by atoms with E-state index >= 15 is 0 Å². The number of fused-ring (bicyclic) bond motifs is 1. The number of likely N-dealkylation sites (N-methyl/N-ethyl adjacent to an activating group) is 1. The van der Waals surface area contributed by atoms with Crippen molar-refractivity contribution in [1.82, 2.24) is 10.2 Å². The highest BCUT2D eigenvalue weighted by Gasteiger charge is 2.60. The van der Waals surface area contributed by atoms with Crippen LogP contribution in [-0.4, -0.2) is 55.7 Å². The summed E-state index contributed by atoms with van der Waals surface area (Å²) < 4.78 is 11.7. The van der Waals surface area contributed by atoms with Gasteiger partial charge in [-0.3, -0.25) is 9.59 Å². The van der Waals surface area contributed by atoms with E-state index in [4.69, 9.17) is 9.47 Å².